The third kappa shape index (κ3) is 165. The first-order chi connectivity index (χ1) is 28.7. The van der Waals surface area contributed by atoms with Gasteiger partial charge in [-0.25, -0.2) is 0 Å². The summed E-state index contributed by atoms with van der Waals surface area (Å²) < 4.78 is 0. The van der Waals surface area contributed by atoms with Gasteiger partial charge in [0.15, 0.2) is 0 Å². The van der Waals surface area contributed by atoms with Crippen LogP contribution >= 0.6 is 34.3 Å². The first-order valence-electron chi connectivity index (χ1n) is 19.8. The second-order valence-corrected chi connectivity index (χ2v) is 15.2. The standard InChI is InChI=1S/3C6H9NO.C6H11.2C5H10N.4C2H5P.2CHO2.9CH3.9V.5W/c3*1-6-3-2-4-7(6)5-8;1-6-4-2-3-5-6;2*1-5-3-2-4-6-5;4*1-3-2;2*2-1-3;;;;;;;;;;;;;;;;;;;;;;;/h3*6H,1-4H2;6H,1-5H2;2*5-6H,1-4H2;4*3H,1-2H2;2*(H,2,3);9*1H3;;;;;;;;;;;;;;/q3*-2;3*-1;4*-2;11*-1;14*+2. The molecule has 9 radical (unpaired) electrons. The van der Waals surface area contributed by atoms with Crippen molar-refractivity contribution in [3.8, 4) is 0 Å². The fourth-order valence-electron chi connectivity index (χ4n) is 5.39. The molecule has 0 aromatic rings. The van der Waals surface area contributed by atoms with Gasteiger partial charge in [0.1, 0.15) is 0 Å². The number of nitrogens with one attached hydrogen (secondary N) is 2. The van der Waals surface area contributed by atoms with Crippen LogP contribution in [0.5, 0.6) is 0 Å². The van der Waals surface area contributed by atoms with E-state index in [-0.39, 0.29) is 357 Å². The molecule has 3 amide bonds. The molecule has 0 bridgehead atoms. The van der Waals surface area contributed by atoms with Gasteiger partial charge in [-0.1, -0.05) is 70.7 Å². The van der Waals surface area contributed by atoms with Gasteiger partial charge in [-0.05, 0) is 64.8 Å². The maximum absolute atomic E-state index is 9.98. The Morgan fingerprint density at radius 2 is 0.506 bits per heavy atom. The summed E-state index contributed by atoms with van der Waals surface area (Å²) in [5.74, 6) is 0.796. The fourth-order valence-corrected chi connectivity index (χ4v) is 5.39. The van der Waals surface area contributed by atoms with E-state index in [9.17, 15) is 14.4 Å². The summed E-state index contributed by atoms with van der Waals surface area (Å²) in [5, 5.41) is 19.9. The molecule has 4 N–H and O–H groups in total. The Balaban J connectivity index is -0.0000000141. The van der Waals surface area contributed by atoms with E-state index in [4.69, 9.17) is 19.8 Å². The average Bonchev–Trinajstić information content (AvgIpc) is 4.08. The maximum atomic E-state index is 9.98. The van der Waals surface area contributed by atoms with E-state index in [2.05, 4.69) is 105 Å². The van der Waals surface area contributed by atoms with Crippen LogP contribution in [-0.2, 0) is 296 Å². The number of hydrogen-bond acceptors (Lipinski definition) is 7. The summed E-state index contributed by atoms with van der Waals surface area (Å²) in [6, 6.07) is 1.66. The zero-order valence-corrected chi connectivity index (χ0v) is 82.9. The van der Waals surface area contributed by atoms with Crippen LogP contribution in [-0.4, -0.2) is 120 Å². The summed E-state index contributed by atoms with van der Waals surface area (Å²) in [6.07, 6.45) is 22.6. The second kappa shape index (κ2) is 169. The van der Waals surface area contributed by atoms with E-state index in [0.717, 1.165) is 64.1 Å². The Morgan fingerprint density at radius 3 is 0.554 bits per heavy atom. The number of carbonyl (C=O) groups excluding carboxylic acids is 3. The minimum Gasteiger partial charge on any atom is -0.665 e. The molecule has 12 nitrogen and oxygen atoms in total. The summed E-state index contributed by atoms with van der Waals surface area (Å²) in [7, 11) is 2.33. The quantitative estimate of drug-likeness (QED) is 0.159. The van der Waals surface area contributed by atoms with Gasteiger partial charge in [-0.2, -0.15) is 25.1 Å². The Bertz CT molecular complexity index is 827. The first kappa shape index (κ1) is 192. The number of amides is 3. The number of likely N-dealkylation sites (tertiary alicyclic amines) is 3. The van der Waals surface area contributed by atoms with Crippen LogP contribution in [0.1, 0.15) is 89.9 Å². The normalized spacial score (nSPS) is 16.3. The molecular weight excluding hydrogens is 2320 g/mol. The van der Waals surface area contributed by atoms with E-state index in [1.807, 2.05) is 19.2 Å². The van der Waals surface area contributed by atoms with Crippen molar-refractivity contribution in [1.29, 1.82) is 0 Å². The molecule has 83 heavy (non-hydrogen) atoms. The number of nitrogens with zero attached hydrogens (tertiary/aromatic N) is 3. The van der Waals surface area contributed by atoms with Gasteiger partial charge in [0.25, 0.3) is 0 Å². The Morgan fingerprint density at radius 1 is 0.337 bits per heavy atom. The van der Waals surface area contributed by atoms with E-state index in [1.54, 1.807) is 14.7 Å². The molecule has 481 valence electrons. The number of rotatable bonds is 3. The molecule has 5 unspecified atom stereocenters. The molecule has 5 saturated heterocycles. The largest absolute Gasteiger partial charge is 2.00 e. The first-order valence-corrected chi connectivity index (χ1v) is 25.4. The van der Waals surface area contributed by atoms with Crippen molar-refractivity contribution >= 4 is 66.5 Å². The smallest absolute Gasteiger partial charge is 0.665 e. The van der Waals surface area contributed by atoms with Crippen molar-refractivity contribution in [3.05, 3.63) is 162 Å². The molecule has 0 aromatic heterocycles. The van der Waals surface area contributed by atoms with E-state index >= 15 is 0 Å². The van der Waals surface area contributed by atoms with Gasteiger partial charge in [-0.15, -0.1) is 30.2 Å². The molecule has 5 atom stereocenters. The molecule has 6 aliphatic rings. The van der Waals surface area contributed by atoms with Crippen LogP contribution in [0.4, 0.5) is 0 Å². The van der Waals surface area contributed by atoms with E-state index < -0.39 is 0 Å². The molecule has 5 aliphatic heterocycles. The van der Waals surface area contributed by atoms with Crippen LogP contribution in [0.2, 0.25) is 0 Å². The van der Waals surface area contributed by atoms with Crippen LogP contribution in [0.3, 0.4) is 0 Å². The fraction of sp³-hybridized carbons (Fsp3) is 0.472. The molecule has 0 aromatic carbocycles. The average molecular weight is 2430 g/mol. The Kier molecular flexibility index (Phi) is 389. The van der Waals surface area contributed by atoms with Crippen molar-refractivity contribution in [3.63, 3.8) is 0 Å². The Labute approximate surface area is 708 Å². The van der Waals surface area contributed by atoms with Crippen molar-refractivity contribution < 1.29 is 307 Å². The maximum Gasteiger partial charge on any atom is 2.00 e. The minimum absolute atomic E-state index is 0. The zero-order chi connectivity index (χ0) is 47.4. The predicted octanol–water partition coefficient (Wildman–Crippen LogP) is 12.4. The topological polar surface area (TPSA) is 160 Å². The minimum atomic E-state index is 0. The molecule has 1 aliphatic carbocycles. The molecule has 6 fully saturated rings. The molecule has 1 saturated carbocycles. The van der Waals surface area contributed by atoms with Crippen LogP contribution in [0.25, 0.3) is 0 Å². The van der Waals surface area contributed by atoms with Crippen LogP contribution in [0, 0.1) is 168 Å². The van der Waals surface area contributed by atoms with Gasteiger partial charge in [0, 0.05) is 0 Å². The van der Waals surface area contributed by atoms with Gasteiger partial charge >= 0.3 is 272 Å². The molecular formula is C53H107N5O7P4V9W5. The van der Waals surface area contributed by atoms with Crippen molar-refractivity contribution in [2.45, 2.75) is 120 Å². The van der Waals surface area contributed by atoms with Crippen molar-refractivity contribution in [2.75, 3.05) is 32.7 Å². The van der Waals surface area contributed by atoms with E-state index in [1.165, 1.54) is 64.5 Å². The number of aliphatic hydroxyl groups excluding tert-OH is 2. The second-order valence-electron chi connectivity index (χ2n) is 13.2. The molecule has 0 spiro atoms. The molecule has 30 heteroatoms. The summed E-state index contributed by atoms with van der Waals surface area (Å²) >= 11 is 0. The summed E-state index contributed by atoms with van der Waals surface area (Å²) in [6.45, 7) is 56.0. The summed E-state index contributed by atoms with van der Waals surface area (Å²) in [4.78, 5) is 51.2. The third-order valence-electron chi connectivity index (χ3n) is 8.28. The summed E-state index contributed by atoms with van der Waals surface area (Å²) in [5.41, 5.74) is 0. The zero-order valence-electron chi connectivity index (χ0n) is 51.6. The van der Waals surface area contributed by atoms with Crippen molar-refractivity contribution in [2.24, 2.45) is 5.92 Å². The Hall–Kier alpha value is 7.69. The number of hydrogen-bond donors (Lipinski definition) is 4. The van der Waals surface area contributed by atoms with Crippen LogP contribution < -0.4 is 10.6 Å². The van der Waals surface area contributed by atoms with Gasteiger partial charge in [0.05, 0.1) is 0 Å². The molecule has 6 rings (SSSR count). The SMILES string of the molecule is O=[C-]O.O=[C-]O.[CH2-]C1CCCC1.[CH2-]C1CCCN1.[CH2-]C1CCCN1.[CH2-]C1CCCN1[C-]=O.[CH2-]C1CCCN1[C-]=O.[CH2-]C1CCCN1[C-]=O.[CH2-]P[CH2-].[CH2-]P[CH2-].[CH2-]P[CH2-].[CH2-]P[CH2-].[CH3-].[CH3-].[CH3-].[CH3-].[CH3-].[CH3-].[CH3-].[CH3-].[CH3-].[V+2].[V+2].[V+2].[V+2].[V+2].[V+2].[V+2].[V+2].[V+2].[W+2].[W+2].[W+2].[W+2].[W+2]. The van der Waals surface area contributed by atoms with Gasteiger partial charge < -0.3 is 256 Å². The van der Waals surface area contributed by atoms with E-state index in [0.29, 0.717) is 59.4 Å². The van der Waals surface area contributed by atoms with Gasteiger partial charge in [-0.3, -0.25) is 0 Å². The van der Waals surface area contributed by atoms with Gasteiger partial charge in [0.2, 0.25) is 0 Å². The monoisotopic (exact) mass is 2430 g/mol. The molecule has 5 heterocycles. The van der Waals surface area contributed by atoms with Crippen molar-refractivity contribution in [1.82, 2.24) is 25.3 Å². The van der Waals surface area contributed by atoms with Crippen LogP contribution in [0.15, 0.2) is 0 Å². The predicted molar refractivity (Wildman–Crippen MR) is 323 cm³/mol. The third-order valence-corrected chi connectivity index (χ3v) is 8.28.